The first kappa shape index (κ1) is 17.8. The van der Waals surface area contributed by atoms with E-state index in [1.165, 1.54) is 17.5 Å². The molecule has 2 N–H and O–H groups in total. The van der Waals surface area contributed by atoms with Crippen molar-refractivity contribution in [2.24, 2.45) is 7.05 Å². The van der Waals surface area contributed by atoms with Crippen molar-refractivity contribution in [2.75, 3.05) is 10.6 Å². The Balaban J connectivity index is 1.38. The van der Waals surface area contributed by atoms with Crippen LogP contribution in [0, 0.1) is 0 Å². The summed E-state index contributed by atoms with van der Waals surface area (Å²) < 4.78 is 1.78. The fraction of sp³-hybridized carbons (Fsp3) is 0.105. The van der Waals surface area contributed by atoms with Crippen LogP contribution in [0.15, 0.2) is 60.5 Å². The number of rotatable bonds is 6. The van der Waals surface area contributed by atoms with Gasteiger partial charge in [-0.05, 0) is 29.3 Å². The summed E-state index contributed by atoms with van der Waals surface area (Å²) in [5, 5.41) is 18.1. The molecule has 0 saturated carbocycles. The molecule has 1 aromatic carbocycles. The molecule has 8 nitrogen and oxygen atoms in total. The lowest BCUT2D eigenvalue weighted by Gasteiger charge is -2.08. The van der Waals surface area contributed by atoms with E-state index in [-0.39, 0.29) is 5.91 Å². The van der Waals surface area contributed by atoms with Gasteiger partial charge in [0.25, 0.3) is 5.91 Å². The van der Waals surface area contributed by atoms with Crippen molar-refractivity contribution >= 4 is 28.2 Å². The molecule has 140 valence electrons. The average Bonchev–Trinajstić information content (AvgIpc) is 3.39. The Kier molecular flexibility index (Phi) is 5.07. The largest absolute Gasteiger partial charge is 0.366 e. The van der Waals surface area contributed by atoms with Crippen LogP contribution < -0.4 is 10.6 Å². The first-order chi connectivity index (χ1) is 13.7. The minimum absolute atomic E-state index is 0.264. The topological polar surface area (TPSA) is 97.6 Å². The summed E-state index contributed by atoms with van der Waals surface area (Å²) in [7, 11) is 1.90. The maximum Gasteiger partial charge on any atom is 0.259 e. The van der Waals surface area contributed by atoms with Gasteiger partial charge in [0.1, 0.15) is 11.3 Å². The second kappa shape index (κ2) is 7.97. The average molecular weight is 391 g/mol. The molecule has 3 heterocycles. The zero-order valence-electron chi connectivity index (χ0n) is 15.0. The van der Waals surface area contributed by atoms with Gasteiger partial charge in [0, 0.05) is 31.5 Å². The third-order valence-electron chi connectivity index (χ3n) is 4.04. The van der Waals surface area contributed by atoms with Gasteiger partial charge in [-0.1, -0.05) is 29.5 Å². The van der Waals surface area contributed by atoms with Crippen molar-refractivity contribution in [1.29, 1.82) is 0 Å². The number of hydrogen-bond acceptors (Lipinski definition) is 7. The molecule has 0 radical (unpaired) electrons. The molecule has 4 rings (SSSR count). The molecule has 0 unspecified atom stereocenters. The molecule has 0 bridgehead atoms. The SMILES string of the molecule is Cn1cc(-c2cccc(CNc3ccc(C(=O)Nc4nncs4)cn3)c2)cn1. The fourth-order valence-corrected chi connectivity index (χ4v) is 3.09. The molecule has 3 aromatic heterocycles. The second-order valence-electron chi connectivity index (χ2n) is 6.09. The summed E-state index contributed by atoms with van der Waals surface area (Å²) in [6.07, 6.45) is 5.37. The number of anilines is 2. The van der Waals surface area contributed by atoms with Gasteiger partial charge in [-0.25, -0.2) is 4.98 Å². The predicted octanol–water partition coefficient (Wildman–Crippen LogP) is 3.20. The summed E-state index contributed by atoms with van der Waals surface area (Å²) >= 11 is 1.26. The molecule has 9 heteroatoms. The number of benzene rings is 1. The highest BCUT2D eigenvalue weighted by atomic mass is 32.1. The number of aryl methyl sites for hydroxylation is 1. The Labute approximate surface area is 165 Å². The maximum atomic E-state index is 12.1. The third kappa shape index (κ3) is 4.21. The fourth-order valence-electron chi connectivity index (χ4n) is 2.65. The molecule has 4 aromatic rings. The maximum absolute atomic E-state index is 12.1. The van der Waals surface area contributed by atoms with Gasteiger partial charge in [-0.15, -0.1) is 10.2 Å². The number of pyridine rings is 1. The normalized spacial score (nSPS) is 10.6. The Morgan fingerprint density at radius 3 is 2.82 bits per heavy atom. The number of nitrogens with zero attached hydrogens (tertiary/aromatic N) is 5. The molecule has 0 aliphatic carbocycles. The molecule has 28 heavy (non-hydrogen) atoms. The zero-order chi connectivity index (χ0) is 19.3. The highest BCUT2D eigenvalue weighted by molar-refractivity contribution is 7.13. The van der Waals surface area contributed by atoms with Crippen LogP contribution in [0.4, 0.5) is 10.9 Å². The molecule has 0 aliphatic rings. The summed E-state index contributed by atoms with van der Waals surface area (Å²) in [6, 6.07) is 11.8. The zero-order valence-corrected chi connectivity index (χ0v) is 15.8. The minimum Gasteiger partial charge on any atom is -0.366 e. The highest BCUT2D eigenvalue weighted by Crippen LogP contribution is 2.20. The number of carbonyl (C=O) groups is 1. The van der Waals surface area contributed by atoms with Crippen LogP contribution in [-0.2, 0) is 13.6 Å². The van der Waals surface area contributed by atoms with Gasteiger partial charge in [-0.3, -0.25) is 14.8 Å². The van der Waals surface area contributed by atoms with Crippen LogP contribution >= 0.6 is 11.3 Å². The summed E-state index contributed by atoms with van der Waals surface area (Å²) in [4.78, 5) is 16.4. The number of hydrogen-bond donors (Lipinski definition) is 2. The molecule has 0 fully saturated rings. The van der Waals surface area contributed by atoms with Crippen molar-refractivity contribution in [2.45, 2.75) is 6.54 Å². The van der Waals surface area contributed by atoms with E-state index in [9.17, 15) is 4.79 Å². The van der Waals surface area contributed by atoms with Gasteiger partial charge >= 0.3 is 0 Å². The lowest BCUT2D eigenvalue weighted by atomic mass is 10.1. The Hall–Kier alpha value is -3.59. The molecule has 0 aliphatic heterocycles. The molecule has 1 amide bonds. The van der Waals surface area contributed by atoms with Gasteiger partial charge in [0.2, 0.25) is 5.13 Å². The van der Waals surface area contributed by atoms with Crippen molar-refractivity contribution in [3.63, 3.8) is 0 Å². The van der Waals surface area contributed by atoms with Crippen molar-refractivity contribution < 1.29 is 4.79 Å². The standard InChI is InChI=1S/C19H17N7OS/c1-26-11-16(10-23-26)14-4-2-3-13(7-14)8-20-17-6-5-15(9-21-17)18(27)24-19-25-22-12-28-19/h2-7,9-12H,8H2,1H3,(H,20,21)(H,24,25,27). The van der Waals surface area contributed by atoms with Gasteiger partial charge in [-0.2, -0.15) is 5.10 Å². The first-order valence-electron chi connectivity index (χ1n) is 8.53. The summed E-state index contributed by atoms with van der Waals surface area (Å²) in [5.41, 5.74) is 5.34. The summed E-state index contributed by atoms with van der Waals surface area (Å²) in [5.74, 6) is 0.430. The van der Waals surface area contributed by atoms with E-state index in [0.29, 0.717) is 23.1 Å². The van der Waals surface area contributed by atoms with Crippen LogP contribution in [0.25, 0.3) is 11.1 Å². The van der Waals surface area contributed by atoms with E-state index in [0.717, 1.165) is 16.7 Å². The highest BCUT2D eigenvalue weighted by Gasteiger charge is 2.08. The van der Waals surface area contributed by atoms with Crippen LogP contribution in [0.3, 0.4) is 0 Å². The van der Waals surface area contributed by atoms with Crippen molar-refractivity contribution in [3.05, 3.63) is 71.6 Å². The van der Waals surface area contributed by atoms with Crippen LogP contribution in [0.5, 0.6) is 0 Å². The molecule has 0 saturated heterocycles. The van der Waals surface area contributed by atoms with Crippen LogP contribution in [0.2, 0.25) is 0 Å². The Bertz CT molecular complexity index is 1070. The van der Waals surface area contributed by atoms with E-state index in [1.54, 1.807) is 22.3 Å². The van der Waals surface area contributed by atoms with Gasteiger partial charge < -0.3 is 5.32 Å². The molecular formula is C19H17N7OS. The third-order valence-corrected chi connectivity index (χ3v) is 4.65. The van der Waals surface area contributed by atoms with E-state index in [4.69, 9.17) is 0 Å². The lowest BCUT2D eigenvalue weighted by molar-refractivity contribution is 0.102. The molecular weight excluding hydrogens is 374 g/mol. The predicted molar refractivity (Wildman–Crippen MR) is 108 cm³/mol. The summed E-state index contributed by atoms with van der Waals surface area (Å²) in [6.45, 7) is 0.622. The smallest absolute Gasteiger partial charge is 0.259 e. The van der Waals surface area contributed by atoms with Crippen LogP contribution in [-0.4, -0.2) is 30.9 Å². The van der Waals surface area contributed by atoms with E-state index < -0.39 is 0 Å². The monoisotopic (exact) mass is 391 g/mol. The number of aromatic nitrogens is 5. The van der Waals surface area contributed by atoms with E-state index in [2.05, 4.69) is 49.1 Å². The molecule has 0 atom stereocenters. The van der Waals surface area contributed by atoms with Gasteiger partial charge in [0.05, 0.1) is 11.8 Å². The number of nitrogens with one attached hydrogen (secondary N) is 2. The second-order valence-corrected chi connectivity index (χ2v) is 6.92. The van der Waals surface area contributed by atoms with Crippen molar-refractivity contribution in [3.8, 4) is 11.1 Å². The molecule has 0 spiro atoms. The lowest BCUT2D eigenvalue weighted by Crippen LogP contribution is -2.12. The quantitative estimate of drug-likeness (QED) is 0.524. The number of carbonyl (C=O) groups excluding carboxylic acids is 1. The van der Waals surface area contributed by atoms with E-state index in [1.807, 2.05) is 25.5 Å². The van der Waals surface area contributed by atoms with Crippen molar-refractivity contribution in [1.82, 2.24) is 25.0 Å². The Morgan fingerprint density at radius 1 is 1.18 bits per heavy atom. The number of amides is 1. The van der Waals surface area contributed by atoms with Gasteiger partial charge in [0.15, 0.2) is 0 Å². The van der Waals surface area contributed by atoms with E-state index >= 15 is 0 Å². The minimum atomic E-state index is -0.264. The Morgan fingerprint density at radius 2 is 2.11 bits per heavy atom. The van der Waals surface area contributed by atoms with Crippen LogP contribution in [0.1, 0.15) is 15.9 Å². The first-order valence-corrected chi connectivity index (χ1v) is 9.41.